The Kier molecular flexibility index (Phi) is 2.09. The zero-order valence-electron chi connectivity index (χ0n) is 7.91. The van der Waals surface area contributed by atoms with Crippen molar-refractivity contribution in [1.29, 1.82) is 0 Å². The summed E-state index contributed by atoms with van der Waals surface area (Å²) in [7, 11) is 0. The van der Waals surface area contributed by atoms with E-state index in [0.29, 0.717) is 6.54 Å². The Bertz CT molecular complexity index is 271. The normalized spacial score (nSPS) is 25.1. The fourth-order valence-electron chi connectivity index (χ4n) is 2.46. The SMILES string of the molecule is O=C1CN(C(=O)[O-])C2(CCCC2)CN1. The van der Waals surface area contributed by atoms with Gasteiger partial charge in [-0.3, -0.25) is 4.79 Å². The summed E-state index contributed by atoms with van der Waals surface area (Å²) in [4.78, 5) is 23.2. The minimum absolute atomic E-state index is 0.0671. The summed E-state index contributed by atoms with van der Waals surface area (Å²) in [5, 5.41) is 13.6. The summed E-state index contributed by atoms with van der Waals surface area (Å²) in [5.74, 6) is -0.230. The number of rotatable bonds is 0. The molecule has 0 aromatic heterocycles. The van der Waals surface area contributed by atoms with Gasteiger partial charge in [0.25, 0.3) is 0 Å². The largest absolute Gasteiger partial charge is 0.530 e. The third-order valence-electron chi connectivity index (χ3n) is 3.24. The van der Waals surface area contributed by atoms with Crippen molar-refractivity contribution in [3.8, 4) is 0 Å². The lowest BCUT2D eigenvalue weighted by atomic mass is 9.93. The van der Waals surface area contributed by atoms with Crippen molar-refractivity contribution in [3.05, 3.63) is 0 Å². The third-order valence-corrected chi connectivity index (χ3v) is 3.24. The lowest BCUT2D eigenvalue weighted by Gasteiger charge is -2.46. The fraction of sp³-hybridized carbons (Fsp3) is 0.778. The summed E-state index contributed by atoms with van der Waals surface area (Å²) in [5.41, 5.74) is -0.368. The molecule has 2 amide bonds. The molecule has 1 N–H and O–H groups in total. The molecular formula is C9H13N2O3-. The van der Waals surface area contributed by atoms with E-state index >= 15 is 0 Å². The molecule has 2 fully saturated rings. The number of nitrogens with zero attached hydrogens (tertiary/aromatic N) is 1. The van der Waals surface area contributed by atoms with Crippen molar-refractivity contribution in [2.45, 2.75) is 31.2 Å². The van der Waals surface area contributed by atoms with Crippen molar-refractivity contribution in [1.82, 2.24) is 10.2 Å². The van der Waals surface area contributed by atoms with Crippen LogP contribution < -0.4 is 10.4 Å². The first-order valence-corrected chi connectivity index (χ1v) is 4.89. The van der Waals surface area contributed by atoms with Crippen molar-refractivity contribution in [2.75, 3.05) is 13.1 Å². The van der Waals surface area contributed by atoms with Crippen LogP contribution in [0.3, 0.4) is 0 Å². The zero-order valence-corrected chi connectivity index (χ0v) is 7.91. The first-order chi connectivity index (χ1) is 6.64. The fourth-order valence-corrected chi connectivity index (χ4v) is 2.46. The number of hydrogen-bond donors (Lipinski definition) is 1. The molecular weight excluding hydrogens is 184 g/mol. The Hall–Kier alpha value is -1.26. The van der Waals surface area contributed by atoms with E-state index in [9.17, 15) is 14.7 Å². The van der Waals surface area contributed by atoms with Crippen LogP contribution in [0.2, 0.25) is 0 Å². The number of hydrogen-bond acceptors (Lipinski definition) is 3. The van der Waals surface area contributed by atoms with Gasteiger partial charge in [0.15, 0.2) is 0 Å². The molecule has 5 nitrogen and oxygen atoms in total. The molecule has 1 saturated carbocycles. The summed E-state index contributed by atoms with van der Waals surface area (Å²) < 4.78 is 0. The van der Waals surface area contributed by atoms with Crippen molar-refractivity contribution in [2.24, 2.45) is 0 Å². The Morgan fingerprint density at radius 1 is 1.43 bits per heavy atom. The number of carbonyl (C=O) groups is 2. The highest BCUT2D eigenvalue weighted by atomic mass is 16.4. The molecule has 0 aromatic carbocycles. The van der Waals surface area contributed by atoms with Crippen molar-refractivity contribution < 1.29 is 14.7 Å². The van der Waals surface area contributed by atoms with Gasteiger partial charge in [0.05, 0.1) is 12.1 Å². The number of carbonyl (C=O) groups excluding carboxylic acids is 2. The molecule has 0 radical (unpaired) electrons. The van der Waals surface area contributed by atoms with Crippen LogP contribution in [0.15, 0.2) is 0 Å². The van der Waals surface area contributed by atoms with Crippen LogP contribution in [0.25, 0.3) is 0 Å². The highest BCUT2D eigenvalue weighted by Gasteiger charge is 2.43. The van der Waals surface area contributed by atoms with Gasteiger partial charge in [0.1, 0.15) is 6.09 Å². The first kappa shape index (κ1) is 9.30. The number of carboxylic acid groups (broad SMARTS) is 1. The van der Waals surface area contributed by atoms with E-state index in [1.807, 2.05) is 0 Å². The first-order valence-electron chi connectivity index (χ1n) is 4.89. The Morgan fingerprint density at radius 3 is 2.64 bits per heavy atom. The van der Waals surface area contributed by atoms with E-state index in [1.54, 1.807) is 0 Å². The van der Waals surface area contributed by atoms with Crippen LogP contribution in [0.1, 0.15) is 25.7 Å². The van der Waals surface area contributed by atoms with Gasteiger partial charge >= 0.3 is 0 Å². The van der Waals surface area contributed by atoms with E-state index in [0.717, 1.165) is 25.7 Å². The molecule has 1 heterocycles. The number of nitrogens with one attached hydrogen (secondary N) is 1. The summed E-state index contributed by atoms with van der Waals surface area (Å²) in [6.45, 7) is 0.377. The Balaban J connectivity index is 2.21. The van der Waals surface area contributed by atoms with E-state index < -0.39 is 6.09 Å². The van der Waals surface area contributed by atoms with Gasteiger partial charge in [-0.25, -0.2) is 0 Å². The molecule has 1 saturated heterocycles. The number of piperazine rings is 1. The molecule has 1 spiro atoms. The second-order valence-corrected chi connectivity index (χ2v) is 4.06. The summed E-state index contributed by atoms with van der Waals surface area (Å²) in [6, 6.07) is 0. The molecule has 2 rings (SSSR count). The molecule has 0 unspecified atom stereocenters. The minimum atomic E-state index is -1.22. The van der Waals surface area contributed by atoms with Crippen molar-refractivity contribution >= 4 is 12.0 Å². The third kappa shape index (κ3) is 1.32. The monoisotopic (exact) mass is 197 g/mol. The van der Waals surface area contributed by atoms with E-state index in [-0.39, 0.29) is 18.0 Å². The van der Waals surface area contributed by atoms with Crippen LogP contribution in [-0.2, 0) is 4.79 Å². The van der Waals surface area contributed by atoms with Crippen LogP contribution in [0.4, 0.5) is 4.79 Å². The zero-order chi connectivity index (χ0) is 10.2. The van der Waals surface area contributed by atoms with Gasteiger partial charge in [-0.1, -0.05) is 12.8 Å². The summed E-state index contributed by atoms with van der Waals surface area (Å²) >= 11 is 0. The van der Waals surface area contributed by atoms with Crippen LogP contribution in [0, 0.1) is 0 Å². The van der Waals surface area contributed by atoms with E-state index in [4.69, 9.17) is 0 Å². The Labute approximate surface area is 82.1 Å². The second-order valence-electron chi connectivity index (χ2n) is 4.06. The minimum Gasteiger partial charge on any atom is -0.530 e. The number of amides is 2. The van der Waals surface area contributed by atoms with Gasteiger partial charge in [-0.2, -0.15) is 0 Å². The van der Waals surface area contributed by atoms with Gasteiger partial charge in [0.2, 0.25) is 5.91 Å². The molecule has 78 valence electrons. The lowest BCUT2D eigenvalue weighted by Crippen LogP contribution is -2.66. The lowest BCUT2D eigenvalue weighted by molar-refractivity contribution is -0.272. The topological polar surface area (TPSA) is 72.5 Å². The average Bonchev–Trinajstić information content (AvgIpc) is 2.59. The molecule has 1 aliphatic carbocycles. The molecule has 0 bridgehead atoms. The van der Waals surface area contributed by atoms with Crippen molar-refractivity contribution in [3.63, 3.8) is 0 Å². The quantitative estimate of drug-likeness (QED) is 0.545. The van der Waals surface area contributed by atoms with Gasteiger partial charge < -0.3 is 20.1 Å². The molecule has 2 aliphatic rings. The van der Waals surface area contributed by atoms with Crippen LogP contribution in [0.5, 0.6) is 0 Å². The van der Waals surface area contributed by atoms with Crippen LogP contribution in [-0.4, -0.2) is 35.5 Å². The van der Waals surface area contributed by atoms with Gasteiger partial charge in [0, 0.05) is 6.54 Å². The molecule has 1 aliphatic heterocycles. The van der Waals surface area contributed by atoms with E-state index in [1.165, 1.54) is 4.90 Å². The average molecular weight is 197 g/mol. The maximum Gasteiger partial charge on any atom is 0.239 e. The van der Waals surface area contributed by atoms with Gasteiger partial charge in [-0.05, 0) is 12.8 Å². The molecule has 0 aromatic rings. The van der Waals surface area contributed by atoms with E-state index in [2.05, 4.69) is 5.32 Å². The predicted molar refractivity (Wildman–Crippen MR) is 46.3 cm³/mol. The maximum atomic E-state index is 11.1. The second kappa shape index (κ2) is 3.15. The summed E-state index contributed by atoms with van der Waals surface area (Å²) in [6.07, 6.45) is 2.50. The Morgan fingerprint density at radius 2 is 2.07 bits per heavy atom. The molecule has 14 heavy (non-hydrogen) atoms. The standard InChI is InChI=1S/C9H14N2O3/c12-7-5-11(8(13)14)9(6-10-7)3-1-2-4-9/h1-6H2,(H,10,12)(H,13,14)/p-1. The smallest absolute Gasteiger partial charge is 0.239 e. The van der Waals surface area contributed by atoms with Crippen LogP contribution >= 0.6 is 0 Å². The predicted octanol–water partition coefficient (Wildman–Crippen LogP) is -0.926. The highest BCUT2D eigenvalue weighted by molar-refractivity contribution is 5.83. The molecule has 5 heteroatoms. The molecule has 0 atom stereocenters. The van der Waals surface area contributed by atoms with Gasteiger partial charge in [-0.15, -0.1) is 0 Å². The highest BCUT2D eigenvalue weighted by Crippen LogP contribution is 2.35. The maximum absolute atomic E-state index is 11.1.